The standard InChI is InChI=1S/C28H38N2O9/c1-2-3-7-16-29-28(33)25(17-21-10-12-23(13-11-21)39-24(19-37-34)20-38-35)30-26(31)14-15-27(32)36-18-22-8-5-4-6-9-22/h4-6,8-13,24-25,34-35H,2-3,7,14-20H2,1H3,(H,29,33)(H,30,31). The maximum Gasteiger partial charge on any atom is 0.306 e. The van der Waals surface area contributed by atoms with Crippen molar-refractivity contribution in [3.63, 3.8) is 0 Å². The van der Waals surface area contributed by atoms with Crippen LogP contribution in [0.25, 0.3) is 0 Å². The Labute approximate surface area is 228 Å². The number of carbonyl (C=O) groups excluding carboxylic acids is 3. The Bertz CT molecular complexity index is 980. The highest BCUT2D eigenvalue weighted by Crippen LogP contribution is 2.16. The van der Waals surface area contributed by atoms with E-state index in [9.17, 15) is 14.4 Å². The lowest BCUT2D eigenvalue weighted by atomic mass is 10.0. The number of nitrogens with one attached hydrogen (secondary N) is 2. The second-order valence-corrected chi connectivity index (χ2v) is 8.94. The Balaban J connectivity index is 1.93. The van der Waals surface area contributed by atoms with Crippen molar-refractivity contribution in [2.24, 2.45) is 0 Å². The maximum atomic E-state index is 12.9. The minimum Gasteiger partial charge on any atom is -0.485 e. The van der Waals surface area contributed by atoms with Crippen LogP contribution in [0.5, 0.6) is 5.75 Å². The fraction of sp³-hybridized carbons (Fsp3) is 0.464. The second-order valence-electron chi connectivity index (χ2n) is 8.94. The molecule has 1 unspecified atom stereocenters. The van der Waals surface area contributed by atoms with E-state index >= 15 is 0 Å². The van der Waals surface area contributed by atoms with E-state index in [0.29, 0.717) is 12.3 Å². The fourth-order valence-electron chi connectivity index (χ4n) is 3.63. The van der Waals surface area contributed by atoms with Crippen molar-refractivity contribution in [1.82, 2.24) is 10.6 Å². The third kappa shape index (κ3) is 13.2. The van der Waals surface area contributed by atoms with Crippen LogP contribution in [0.1, 0.15) is 50.2 Å². The molecular weight excluding hydrogens is 508 g/mol. The fourth-order valence-corrected chi connectivity index (χ4v) is 3.63. The predicted molar refractivity (Wildman–Crippen MR) is 142 cm³/mol. The van der Waals surface area contributed by atoms with Gasteiger partial charge in [0.05, 0.1) is 6.42 Å². The highest BCUT2D eigenvalue weighted by Gasteiger charge is 2.22. The molecule has 0 saturated heterocycles. The highest BCUT2D eigenvalue weighted by molar-refractivity contribution is 5.89. The summed E-state index contributed by atoms with van der Waals surface area (Å²) in [6.45, 7) is 2.27. The molecule has 214 valence electrons. The van der Waals surface area contributed by atoms with Crippen LogP contribution in [0.15, 0.2) is 54.6 Å². The molecule has 0 aliphatic rings. The van der Waals surface area contributed by atoms with Crippen LogP contribution in [0.3, 0.4) is 0 Å². The van der Waals surface area contributed by atoms with Gasteiger partial charge in [-0.25, -0.2) is 9.78 Å². The third-order valence-electron chi connectivity index (χ3n) is 5.72. The lowest BCUT2D eigenvalue weighted by Crippen LogP contribution is -2.48. The Morgan fingerprint density at radius 1 is 0.872 bits per heavy atom. The van der Waals surface area contributed by atoms with E-state index in [1.54, 1.807) is 24.3 Å². The number of ether oxygens (including phenoxy) is 2. The summed E-state index contributed by atoms with van der Waals surface area (Å²) < 4.78 is 10.8. The van der Waals surface area contributed by atoms with Gasteiger partial charge in [0.1, 0.15) is 31.6 Å². The first kappa shape index (κ1) is 31.7. The average molecular weight is 547 g/mol. The smallest absolute Gasteiger partial charge is 0.306 e. The van der Waals surface area contributed by atoms with Crippen LogP contribution < -0.4 is 15.4 Å². The lowest BCUT2D eigenvalue weighted by molar-refractivity contribution is -0.286. The van der Waals surface area contributed by atoms with Gasteiger partial charge < -0.3 is 20.1 Å². The van der Waals surface area contributed by atoms with Crippen molar-refractivity contribution in [3.05, 3.63) is 65.7 Å². The van der Waals surface area contributed by atoms with Crippen molar-refractivity contribution in [2.45, 2.75) is 64.2 Å². The Kier molecular flexibility index (Phi) is 15.2. The lowest BCUT2D eigenvalue weighted by Gasteiger charge is -2.19. The number of esters is 1. The van der Waals surface area contributed by atoms with E-state index in [-0.39, 0.29) is 45.0 Å². The van der Waals surface area contributed by atoms with Gasteiger partial charge in [0.2, 0.25) is 11.8 Å². The van der Waals surface area contributed by atoms with Gasteiger partial charge in [-0.1, -0.05) is 62.2 Å². The van der Waals surface area contributed by atoms with E-state index in [0.717, 1.165) is 30.4 Å². The number of carbonyl (C=O) groups is 3. The molecule has 2 rings (SSSR count). The monoisotopic (exact) mass is 546 g/mol. The third-order valence-corrected chi connectivity index (χ3v) is 5.72. The molecule has 0 aromatic heterocycles. The van der Waals surface area contributed by atoms with E-state index in [1.165, 1.54) is 0 Å². The van der Waals surface area contributed by atoms with Gasteiger partial charge in [-0.2, -0.15) is 0 Å². The zero-order chi connectivity index (χ0) is 28.3. The first-order chi connectivity index (χ1) is 18.9. The summed E-state index contributed by atoms with van der Waals surface area (Å²) in [5.41, 5.74) is 1.61. The summed E-state index contributed by atoms with van der Waals surface area (Å²) in [6.07, 6.45) is 2.08. The van der Waals surface area contributed by atoms with Crippen molar-refractivity contribution >= 4 is 17.8 Å². The molecular formula is C28H38N2O9. The average Bonchev–Trinajstić information content (AvgIpc) is 2.94. The first-order valence-corrected chi connectivity index (χ1v) is 13.0. The van der Waals surface area contributed by atoms with Crippen molar-refractivity contribution < 1.29 is 44.1 Å². The van der Waals surface area contributed by atoms with Crippen molar-refractivity contribution in [3.8, 4) is 5.75 Å². The Hall–Kier alpha value is -3.51. The molecule has 39 heavy (non-hydrogen) atoms. The summed E-state index contributed by atoms with van der Waals surface area (Å²) in [4.78, 5) is 45.7. The molecule has 2 aromatic rings. The molecule has 0 bridgehead atoms. The number of hydrogen-bond donors (Lipinski definition) is 4. The molecule has 11 nitrogen and oxygen atoms in total. The van der Waals surface area contributed by atoms with Gasteiger partial charge in [-0.3, -0.25) is 24.9 Å². The summed E-state index contributed by atoms with van der Waals surface area (Å²) in [5.74, 6) is -0.819. The minimum atomic E-state index is -0.843. The van der Waals surface area contributed by atoms with Gasteiger partial charge in [-0.05, 0) is 29.7 Å². The van der Waals surface area contributed by atoms with Gasteiger partial charge in [0, 0.05) is 19.4 Å². The van der Waals surface area contributed by atoms with Crippen molar-refractivity contribution in [2.75, 3.05) is 19.8 Å². The van der Waals surface area contributed by atoms with E-state index in [4.69, 9.17) is 20.0 Å². The summed E-state index contributed by atoms with van der Waals surface area (Å²) in [6, 6.07) is 15.2. The van der Waals surface area contributed by atoms with Crippen molar-refractivity contribution in [1.29, 1.82) is 0 Å². The molecule has 2 aromatic carbocycles. The quantitative estimate of drug-likeness (QED) is 0.0900. The van der Waals surface area contributed by atoms with Crippen LogP contribution >= 0.6 is 0 Å². The van der Waals surface area contributed by atoms with Crippen LogP contribution in [-0.2, 0) is 41.9 Å². The zero-order valence-corrected chi connectivity index (χ0v) is 22.2. The van der Waals surface area contributed by atoms with E-state index < -0.39 is 24.0 Å². The zero-order valence-electron chi connectivity index (χ0n) is 22.2. The Morgan fingerprint density at radius 2 is 1.56 bits per heavy atom. The van der Waals surface area contributed by atoms with Gasteiger partial charge in [0.25, 0.3) is 0 Å². The molecule has 0 aliphatic carbocycles. The summed E-state index contributed by atoms with van der Waals surface area (Å²) in [7, 11) is 0. The molecule has 0 aliphatic heterocycles. The number of rotatable bonds is 19. The van der Waals surface area contributed by atoms with Crippen LogP contribution in [0, 0.1) is 0 Å². The molecule has 0 saturated carbocycles. The van der Waals surface area contributed by atoms with E-state index in [1.807, 2.05) is 30.3 Å². The largest absolute Gasteiger partial charge is 0.485 e. The molecule has 2 amide bonds. The molecule has 0 fully saturated rings. The maximum absolute atomic E-state index is 12.9. The number of amides is 2. The summed E-state index contributed by atoms with van der Waals surface area (Å²) >= 11 is 0. The normalized spacial score (nSPS) is 11.6. The van der Waals surface area contributed by atoms with Gasteiger partial charge in [-0.15, -0.1) is 0 Å². The number of unbranched alkanes of at least 4 members (excludes halogenated alkanes) is 2. The van der Waals surface area contributed by atoms with Gasteiger partial charge in [0.15, 0.2) is 6.10 Å². The number of benzene rings is 2. The molecule has 0 spiro atoms. The predicted octanol–water partition coefficient (Wildman–Crippen LogP) is 3.27. The SMILES string of the molecule is CCCCCNC(=O)C(Cc1ccc(OC(COO)COO)cc1)NC(=O)CCC(=O)OCc1ccccc1. The first-order valence-electron chi connectivity index (χ1n) is 13.0. The molecule has 0 radical (unpaired) electrons. The van der Waals surface area contributed by atoms with Crippen LogP contribution in [0.4, 0.5) is 0 Å². The molecule has 1 atom stereocenters. The molecule has 0 heterocycles. The van der Waals surface area contributed by atoms with E-state index in [2.05, 4.69) is 27.3 Å². The van der Waals surface area contributed by atoms with Gasteiger partial charge >= 0.3 is 5.97 Å². The van der Waals surface area contributed by atoms with Crippen LogP contribution in [0.2, 0.25) is 0 Å². The minimum absolute atomic E-state index is 0.105. The summed E-state index contributed by atoms with van der Waals surface area (Å²) in [5, 5.41) is 22.9. The topological polar surface area (TPSA) is 153 Å². The second kappa shape index (κ2) is 18.7. The molecule has 11 heteroatoms. The van der Waals surface area contributed by atoms with Crippen LogP contribution in [-0.4, -0.2) is 60.2 Å². The molecule has 4 N–H and O–H groups in total. The highest BCUT2D eigenvalue weighted by atomic mass is 17.1. The number of hydrogen-bond acceptors (Lipinski definition) is 9. The Morgan fingerprint density at radius 3 is 2.21 bits per heavy atom.